The van der Waals surface area contributed by atoms with Gasteiger partial charge in [0.15, 0.2) is 0 Å². The van der Waals surface area contributed by atoms with Crippen LogP contribution in [0, 0.1) is 0 Å². The van der Waals surface area contributed by atoms with E-state index in [9.17, 15) is 19.2 Å². The summed E-state index contributed by atoms with van der Waals surface area (Å²) < 4.78 is 0. The van der Waals surface area contributed by atoms with Crippen molar-refractivity contribution in [1.82, 2.24) is 25.5 Å². The van der Waals surface area contributed by atoms with Crippen LogP contribution in [-0.4, -0.2) is 74.9 Å². The minimum atomic E-state index is -1.16. The highest BCUT2D eigenvalue weighted by Crippen LogP contribution is 2.19. The van der Waals surface area contributed by atoms with E-state index in [-0.39, 0.29) is 13.0 Å². The van der Waals surface area contributed by atoms with Gasteiger partial charge >= 0.3 is 5.97 Å². The number of nitrogens with two attached hydrogens (primary N) is 1. The van der Waals surface area contributed by atoms with Crippen molar-refractivity contribution in [3.05, 3.63) is 18.2 Å². The number of rotatable bonds is 8. The van der Waals surface area contributed by atoms with E-state index in [1.165, 1.54) is 24.3 Å². The zero-order valence-electron chi connectivity index (χ0n) is 15.0. The van der Waals surface area contributed by atoms with Gasteiger partial charge in [-0.15, -0.1) is 0 Å². The quantitative estimate of drug-likeness (QED) is 0.346. The second-order valence-electron chi connectivity index (χ2n) is 6.36. The van der Waals surface area contributed by atoms with Crippen molar-refractivity contribution in [2.75, 3.05) is 13.1 Å². The molecule has 2 heterocycles. The number of amides is 3. The van der Waals surface area contributed by atoms with Crippen LogP contribution in [-0.2, 0) is 25.6 Å². The summed E-state index contributed by atoms with van der Waals surface area (Å²) in [7, 11) is 0. The molecule has 1 aliphatic heterocycles. The van der Waals surface area contributed by atoms with Crippen LogP contribution < -0.4 is 16.4 Å². The number of nitrogens with one attached hydrogen (secondary N) is 3. The summed E-state index contributed by atoms with van der Waals surface area (Å²) in [6.45, 7) is 1.42. The smallest absolute Gasteiger partial charge is 0.325 e. The molecule has 0 bridgehead atoms. The molecule has 1 saturated heterocycles. The average Bonchev–Trinajstić information content (AvgIpc) is 3.31. The number of imidazole rings is 1. The number of carbonyl (C=O) groups excluding carboxylic acids is 3. The van der Waals surface area contributed by atoms with Gasteiger partial charge in [0, 0.05) is 24.9 Å². The molecule has 3 unspecified atom stereocenters. The van der Waals surface area contributed by atoms with Crippen LogP contribution in [0.1, 0.15) is 25.5 Å². The predicted molar refractivity (Wildman–Crippen MR) is 93.3 cm³/mol. The van der Waals surface area contributed by atoms with Crippen LogP contribution in [0.2, 0.25) is 0 Å². The Balaban J connectivity index is 2.12. The molecule has 1 aliphatic rings. The highest BCUT2D eigenvalue weighted by molar-refractivity contribution is 5.94. The molecular formula is C16H24N6O5. The Morgan fingerprint density at radius 1 is 1.41 bits per heavy atom. The fourth-order valence-electron chi connectivity index (χ4n) is 2.94. The molecule has 11 nitrogen and oxygen atoms in total. The Hall–Kier alpha value is -2.95. The van der Waals surface area contributed by atoms with Crippen molar-refractivity contribution in [3.8, 4) is 0 Å². The fourth-order valence-corrected chi connectivity index (χ4v) is 2.94. The summed E-state index contributed by atoms with van der Waals surface area (Å²) in [5, 5.41) is 13.9. The summed E-state index contributed by atoms with van der Waals surface area (Å²) in [5.74, 6) is -2.60. The van der Waals surface area contributed by atoms with Gasteiger partial charge in [0.25, 0.3) is 0 Å². The van der Waals surface area contributed by atoms with Crippen LogP contribution in [0.3, 0.4) is 0 Å². The lowest BCUT2D eigenvalue weighted by Gasteiger charge is -2.29. The Morgan fingerprint density at radius 3 is 2.74 bits per heavy atom. The molecule has 2 rings (SSSR count). The van der Waals surface area contributed by atoms with E-state index in [0.29, 0.717) is 25.1 Å². The first-order valence-electron chi connectivity index (χ1n) is 8.63. The first kappa shape index (κ1) is 20.4. The zero-order valence-corrected chi connectivity index (χ0v) is 15.0. The SMILES string of the molecule is CC(NC(=O)C1CCCN1C(=O)C(Cc1cnc[nH]1)NC(=O)CN)C(=O)O. The number of carboxylic acid groups (broad SMARTS) is 1. The fraction of sp³-hybridized carbons (Fsp3) is 0.562. The predicted octanol–water partition coefficient (Wildman–Crippen LogP) is -2.02. The lowest BCUT2D eigenvalue weighted by atomic mass is 10.1. The molecule has 1 fully saturated rings. The number of carbonyl (C=O) groups is 4. The van der Waals surface area contributed by atoms with Gasteiger partial charge in [-0.2, -0.15) is 0 Å². The summed E-state index contributed by atoms with van der Waals surface area (Å²) in [6.07, 6.45) is 4.19. The molecule has 3 amide bonds. The average molecular weight is 380 g/mol. The van der Waals surface area contributed by atoms with Crippen LogP contribution in [0.15, 0.2) is 12.5 Å². The highest BCUT2D eigenvalue weighted by Gasteiger charge is 2.38. The van der Waals surface area contributed by atoms with E-state index >= 15 is 0 Å². The van der Waals surface area contributed by atoms with Gasteiger partial charge in [-0.1, -0.05) is 0 Å². The van der Waals surface area contributed by atoms with Crippen LogP contribution >= 0.6 is 0 Å². The standard InChI is InChI=1S/C16H24N6O5/c1-9(16(26)27)20-14(24)12-3-2-4-22(12)15(25)11(21-13(23)6-17)5-10-7-18-8-19-10/h7-9,11-12H,2-6,17H2,1H3,(H,18,19)(H,20,24)(H,21,23)(H,26,27). The Kier molecular flexibility index (Phi) is 6.88. The van der Waals surface area contributed by atoms with Crippen molar-refractivity contribution in [2.24, 2.45) is 5.73 Å². The van der Waals surface area contributed by atoms with Crippen molar-refractivity contribution in [1.29, 1.82) is 0 Å². The van der Waals surface area contributed by atoms with E-state index in [0.717, 1.165) is 0 Å². The Morgan fingerprint density at radius 2 is 2.15 bits per heavy atom. The number of nitrogens with zero attached hydrogens (tertiary/aromatic N) is 2. The van der Waals surface area contributed by atoms with Gasteiger partial charge in [-0.3, -0.25) is 19.2 Å². The number of aliphatic carboxylic acids is 1. The molecule has 0 aliphatic carbocycles. The molecule has 0 radical (unpaired) electrons. The molecule has 11 heteroatoms. The molecular weight excluding hydrogens is 356 g/mol. The van der Waals surface area contributed by atoms with Crippen molar-refractivity contribution >= 4 is 23.7 Å². The number of likely N-dealkylation sites (tertiary alicyclic amines) is 1. The largest absolute Gasteiger partial charge is 0.480 e. The van der Waals surface area contributed by atoms with E-state index in [1.807, 2.05) is 0 Å². The van der Waals surface area contributed by atoms with Crippen LogP contribution in [0.25, 0.3) is 0 Å². The molecule has 1 aromatic heterocycles. The Labute approximate surface area is 155 Å². The molecule has 6 N–H and O–H groups in total. The van der Waals surface area contributed by atoms with Gasteiger partial charge in [0.2, 0.25) is 17.7 Å². The lowest BCUT2D eigenvalue weighted by Crippen LogP contribution is -2.56. The number of aromatic nitrogens is 2. The topological polar surface area (TPSA) is 171 Å². The van der Waals surface area contributed by atoms with Crippen molar-refractivity contribution in [3.63, 3.8) is 0 Å². The van der Waals surface area contributed by atoms with E-state index in [1.54, 1.807) is 0 Å². The maximum Gasteiger partial charge on any atom is 0.325 e. The second-order valence-corrected chi connectivity index (χ2v) is 6.36. The van der Waals surface area contributed by atoms with E-state index in [4.69, 9.17) is 10.8 Å². The summed E-state index contributed by atoms with van der Waals surface area (Å²) in [4.78, 5) is 56.2. The van der Waals surface area contributed by atoms with Gasteiger partial charge in [-0.05, 0) is 19.8 Å². The van der Waals surface area contributed by atoms with Crippen molar-refractivity contribution < 1.29 is 24.3 Å². The number of aromatic amines is 1. The van der Waals surface area contributed by atoms with Gasteiger partial charge in [-0.25, -0.2) is 4.98 Å². The summed E-state index contributed by atoms with van der Waals surface area (Å²) >= 11 is 0. The maximum atomic E-state index is 13.0. The highest BCUT2D eigenvalue weighted by atomic mass is 16.4. The van der Waals surface area contributed by atoms with Gasteiger partial charge < -0.3 is 31.4 Å². The first-order valence-corrected chi connectivity index (χ1v) is 8.63. The van der Waals surface area contributed by atoms with Crippen molar-refractivity contribution in [2.45, 2.75) is 44.3 Å². The first-order chi connectivity index (χ1) is 12.8. The summed E-state index contributed by atoms with van der Waals surface area (Å²) in [5.41, 5.74) is 5.97. The second kappa shape index (κ2) is 9.12. The normalized spacial score (nSPS) is 18.6. The minimum Gasteiger partial charge on any atom is -0.480 e. The number of hydrogen-bond acceptors (Lipinski definition) is 6. The van der Waals surface area contributed by atoms with Gasteiger partial charge in [0.05, 0.1) is 12.9 Å². The zero-order chi connectivity index (χ0) is 20.0. The molecule has 1 aromatic rings. The molecule has 3 atom stereocenters. The monoisotopic (exact) mass is 380 g/mol. The molecule has 27 heavy (non-hydrogen) atoms. The molecule has 148 valence electrons. The van der Waals surface area contributed by atoms with Crippen LogP contribution in [0.5, 0.6) is 0 Å². The Bertz CT molecular complexity index is 691. The van der Waals surface area contributed by atoms with Crippen LogP contribution in [0.4, 0.5) is 0 Å². The van der Waals surface area contributed by atoms with E-state index in [2.05, 4.69) is 20.6 Å². The number of carboxylic acids is 1. The third-order valence-corrected chi connectivity index (χ3v) is 4.37. The number of H-pyrrole nitrogens is 1. The maximum absolute atomic E-state index is 13.0. The molecule has 0 aromatic carbocycles. The third-order valence-electron chi connectivity index (χ3n) is 4.37. The third kappa shape index (κ3) is 5.26. The molecule has 0 saturated carbocycles. The van der Waals surface area contributed by atoms with Gasteiger partial charge in [0.1, 0.15) is 18.1 Å². The summed E-state index contributed by atoms with van der Waals surface area (Å²) in [6, 6.07) is -2.75. The molecule has 0 spiro atoms. The number of hydrogen-bond donors (Lipinski definition) is 5. The van der Waals surface area contributed by atoms with E-state index < -0.39 is 41.8 Å². The minimum absolute atomic E-state index is 0.168. The lowest BCUT2D eigenvalue weighted by molar-refractivity contribution is -0.144.